The summed E-state index contributed by atoms with van der Waals surface area (Å²) in [5.41, 5.74) is 0. The van der Waals surface area contributed by atoms with Crippen molar-refractivity contribution in [2.45, 2.75) is 69.7 Å². The van der Waals surface area contributed by atoms with Crippen molar-refractivity contribution >= 4 is 0 Å². The summed E-state index contributed by atoms with van der Waals surface area (Å²) in [4.78, 5) is 0. The van der Waals surface area contributed by atoms with Crippen LogP contribution >= 0.6 is 0 Å². The fraction of sp³-hybridized carbons (Fsp3) is 1.00. The van der Waals surface area contributed by atoms with Gasteiger partial charge in [-0.2, -0.15) is 0 Å². The molecule has 0 nitrogen and oxygen atoms in total. The van der Waals surface area contributed by atoms with E-state index in [9.17, 15) is 0 Å². The van der Waals surface area contributed by atoms with Crippen molar-refractivity contribution in [3.8, 4) is 0 Å². The van der Waals surface area contributed by atoms with Gasteiger partial charge in [-0.3, -0.25) is 0 Å². The maximum absolute atomic E-state index is 2.31. The molecule has 0 saturated carbocycles. The Bertz CT molecular complexity index is 31.0. The van der Waals surface area contributed by atoms with E-state index in [1.807, 2.05) is 0 Å². The van der Waals surface area contributed by atoms with Crippen LogP contribution in [0.2, 0.25) is 0 Å². The van der Waals surface area contributed by atoms with Crippen molar-refractivity contribution in [1.29, 1.82) is 0 Å². The molecule has 0 bridgehead atoms. The Balaban J connectivity index is -0.0000000300. The molecule has 1 unspecified atom stereocenters. The summed E-state index contributed by atoms with van der Waals surface area (Å²) in [6, 6.07) is 0. The van der Waals surface area contributed by atoms with Crippen LogP contribution in [0.15, 0.2) is 0 Å². The fourth-order valence-electron chi connectivity index (χ4n) is 0.697. The van der Waals surface area contributed by atoms with E-state index in [1.165, 1.54) is 19.3 Å². The van der Waals surface area contributed by atoms with Crippen molar-refractivity contribution in [2.75, 3.05) is 0 Å². The third kappa shape index (κ3) is 25.6. The molecule has 1 atom stereocenters. The zero-order valence-electron chi connectivity index (χ0n) is 5.70. The molecule has 0 heterocycles. The average molecular weight is 164 g/mol. The van der Waals surface area contributed by atoms with Crippen LogP contribution < -0.4 is 0 Å². The van der Waals surface area contributed by atoms with Crippen molar-refractivity contribution in [2.24, 2.45) is 5.92 Å². The largest absolute Gasteiger partial charge is 0.0776 e. The predicted octanol–water partition coefficient (Wildman–Crippen LogP) is 5.38. The highest BCUT2D eigenvalue weighted by atomic mass is 14.0. The van der Waals surface area contributed by atoms with Gasteiger partial charge in [0.15, 0.2) is 0 Å². The molecule has 0 aromatic rings. The van der Waals surface area contributed by atoms with Crippen LogP contribution in [0.1, 0.15) is 69.7 Å². The summed E-state index contributed by atoms with van der Waals surface area (Å²) in [7, 11) is 0. The molecule has 0 saturated heterocycles. The molecule has 0 aromatic carbocycles. The minimum absolute atomic E-state index is 0. The van der Waals surface area contributed by atoms with E-state index in [0.29, 0.717) is 0 Å². The first-order valence-corrected chi connectivity index (χ1v) is 3.31. The summed E-state index contributed by atoms with van der Waals surface area (Å²) >= 11 is 0. The second-order valence-electron chi connectivity index (χ2n) is 2.30. The van der Waals surface area contributed by atoms with Crippen LogP contribution in [0.25, 0.3) is 0 Å². The van der Waals surface area contributed by atoms with Crippen LogP contribution in [0.5, 0.6) is 0 Å². The molecule has 0 fully saturated rings. The summed E-state index contributed by atoms with van der Waals surface area (Å²) in [5, 5.41) is 0. The lowest BCUT2D eigenvalue weighted by Crippen LogP contribution is -1.88. The number of hydrogen-bond acceptors (Lipinski definition) is 0. The molecule has 0 aromatic heterocycles. The standard InChI is InChI=1S/C7H16.4CH4/c1-4-6-7(3)5-2;;;;/h7H,4-6H2,1-3H3;4*1H4. The lowest BCUT2D eigenvalue weighted by Gasteiger charge is -2.02. The summed E-state index contributed by atoms with van der Waals surface area (Å²) in [6.07, 6.45) is 4.08. The highest BCUT2D eigenvalue weighted by Crippen LogP contribution is 2.07. The monoisotopic (exact) mass is 164 g/mol. The maximum atomic E-state index is 2.31. The van der Waals surface area contributed by atoms with Gasteiger partial charge in [-0.05, 0) is 5.92 Å². The Hall–Kier alpha value is 0. The van der Waals surface area contributed by atoms with Gasteiger partial charge in [-0.1, -0.05) is 69.7 Å². The Labute approximate surface area is 76.4 Å². The molecule has 0 amide bonds. The van der Waals surface area contributed by atoms with Crippen LogP contribution in [0.4, 0.5) is 0 Å². The Morgan fingerprint density at radius 3 is 1.36 bits per heavy atom. The summed E-state index contributed by atoms with van der Waals surface area (Å²) < 4.78 is 0. The van der Waals surface area contributed by atoms with Gasteiger partial charge in [0.05, 0.1) is 0 Å². The molecular formula is C11H32. The van der Waals surface area contributed by atoms with E-state index in [0.717, 1.165) is 5.92 Å². The Kier molecular flexibility index (Phi) is 62.5. The van der Waals surface area contributed by atoms with Crippen LogP contribution in [0, 0.1) is 5.92 Å². The molecule has 0 radical (unpaired) electrons. The molecule has 0 N–H and O–H groups in total. The molecule has 0 aliphatic carbocycles. The molecule has 0 aliphatic rings. The first kappa shape index (κ1) is 30.6. The quantitative estimate of drug-likeness (QED) is 0.525. The smallest absolute Gasteiger partial charge is 0.0446 e. The zero-order valence-corrected chi connectivity index (χ0v) is 5.70. The summed E-state index contributed by atoms with van der Waals surface area (Å²) in [6.45, 7) is 6.80. The van der Waals surface area contributed by atoms with Crippen LogP contribution in [-0.4, -0.2) is 0 Å². The van der Waals surface area contributed by atoms with E-state index in [4.69, 9.17) is 0 Å². The first-order chi connectivity index (χ1) is 3.31. The molecule has 0 heteroatoms. The predicted molar refractivity (Wildman–Crippen MR) is 61.3 cm³/mol. The Morgan fingerprint density at radius 2 is 1.27 bits per heavy atom. The third-order valence-electron chi connectivity index (χ3n) is 1.48. The second-order valence-corrected chi connectivity index (χ2v) is 2.30. The first-order valence-electron chi connectivity index (χ1n) is 3.31. The van der Waals surface area contributed by atoms with Crippen LogP contribution in [-0.2, 0) is 0 Å². The van der Waals surface area contributed by atoms with E-state index in [1.54, 1.807) is 0 Å². The van der Waals surface area contributed by atoms with Gasteiger partial charge in [0, 0.05) is 0 Å². The van der Waals surface area contributed by atoms with Gasteiger partial charge >= 0.3 is 0 Å². The molecular weight excluding hydrogens is 132 g/mol. The van der Waals surface area contributed by atoms with Gasteiger partial charge in [0.2, 0.25) is 0 Å². The SMILES string of the molecule is C.C.C.C.CCCC(C)CC. The van der Waals surface area contributed by atoms with Gasteiger partial charge in [-0.15, -0.1) is 0 Å². The number of rotatable bonds is 3. The number of hydrogen-bond donors (Lipinski definition) is 0. The van der Waals surface area contributed by atoms with Gasteiger partial charge in [0.1, 0.15) is 0 Å². The molecule has 76 valence electrons. The minimum atomic E-state index is 0. The second kappa shape index (κ2) is 22.5. The lowest BCUT2D eigenvalue weighted by atomic mass is 10.0. The minimum Gasteiger partial charge on any atom is -0.0776 e. The van der Waals surface area contributed by atoms with Gasteiger partial charge in [-0.25, -0.2) is 0 Å². The van der Waals surface area contributed by atoms with E-state index < -0.39 is 0 Å². The van der Waals surface area contributed by atoms with Crippen molar-refractivity contribution < 1.29 is 0 Å². The van der Waals surface area contributed by atoms with E-state index >= 15 is 0 Å². The van der Waals surface area contributed by atoms with Crippen molar-refractivity contribution in [3.05, 3.63) is 0 Å². The van der Waals surface area contributed by atoms with Crippen molar-refractivity contribution in [3.63, 3.8) is 0 Å². The molecule has 0 spiro atoms. The van der Waals surface area contributed by atoms with E-state index in [2.05, 4.69) is 20.8 Å². The zero-order chi connectivity index (χ0) is 5.70. The highest BCUT2D eigenvalue weighted by molar-refractivity contribution is 4.45. The third-order valence-corrected chi connectivity index (χ3v) is 1.48. The maximum Gasteiger partial charge on any atom is -0.0446 e. The van der Waals surface area contributed by atoms with Gasteiger partial charge in [0.25, 0.3) is 0 Å². The van der Waals surface area contributed by atoms with Gasteiger partial charge < -0.3 is 0 Å². The summed E-state index contributed by atoms with van der Waals surface area (Å²) in [5.74, 6) is 0.949. The normalized spacial score (nSPS) is 9.00. The van der Waals surface area contributed by atoms with Crippen molar-refractivity contribution in [1.82, 2.24) is 0 Å². The topological polar surface area (TPSA) is 0 Å². The average Bonchev–Trinajstić information content (AvgIpc) is 1.68. The van der Waals surface area contributed by atoms with Crippen LogP contribution in [0.3, 0.4) is 0 Å². The fourth-order valence-corrected chi connectivity index (χ4v) is 0.697. The molecule has 11 heavy (non-hydrogen) atoms. The highest BCUT2D eigenvalue weighted by Gasteiger charge is 1.92. The lowest BCUT2D eigenvalue weighted by molar-refractivity contribution is 0.509. The molecule has 0 aliphatic heterocycles. The molecule has 0 rings (SSSR count). The Morgan fingerprint density at radius 1 is 0.909 bits per heavy atom. The van der Waals surface area contributed by atoms with E-state index in [-0.39, 0.29) is 29.7 Å².